The van der Waals surface area contributed by atoms with Crippen LogP contribution in [0.1, 0.15) is 11.1 Å². The molecule has 7 heteroatoms. The number of hydrogen-bond acceptors (Lipinski definition) is 4. The van der Waals surface area contributed by atoms with E-state index in [2.05, 4.69) is 22.5 Å². The van der Waals surface area contributed by atoms with Crippen LogP contribution in [-0.2, 0) is 24.4 Å². The van der Waals surface area contributed by atoms with E-state index in [9.17, 15) is 9.59 Å². The number of carbonyl (C=O) groups is 1. The number of fused-ring (bicyclic) bond motifs is 2. The molecule has 1 unspecified atom stereocenters. The summed E-state index contributed by atoms with van der Waals surface area (Å²) in [7, 11) is 1.64. The minimum absolute atomic E-state index is 0.0497. The molecule has 2 aromatic heterocycles. The average Bonchev–Trinajstić information content (AvgIpc) is 2.96. The van der Waals surface area contributed by atoms with Crippen molar-refractivity contribution >= 4 is 11.6 Å². The topological polar surface area (TPSA) is 71.6 Å². The van der Waals surface area contributed by atoms with Crippen molar-refractivity contribution in [2.45, 2.75) is 25.7 Å². The number of pyridine rings is 1. The fraction of sp³-hybridized carbons (Fsp3) is 0.278. The molecule has 0 saturated carbocycles. The summed E-state index contributed by atoms with van der Waals surface area (Å²) >= 11 is 0. The third-order valence-corrected chi connectivity index (χ3v) is 4.70. The van der Waals surface area contributed by atoms with Gasteiger partial charge in [-0.1, -0.05) is 30.3 Å². The molecule has 1 aliphatic rings. The van der Waals surface area contributed by atoms with Crippen molar-refractivity contribution in [2.24, 2.45) is 0 Å². The normalized spacial score (nSPS) is 17.4. The molecular formula is C18H19N5O2. The maximum absolute atomic E-state index is 12.5. The van der Waals surface area contributed by atoms with Gasteiger partial charge >= 0.3 is 5.69 Å². The zero-order valence-corrected chi connectivity index (χ0v) is 13.9. The van der Waals surface area contributed by atoms with E-state index in [4.69, 9.17) is 0 Å². The number of nitrogens with one attached hydrogen (secondary N) is 1. The number of likely N-dealkylation sites (N-methyl/N-ethyl adjacent to an activating group) is 1. The van der Waals surface area contributed by atoms with Crippen LogP contribution in [0.3, 0.4) is 0 Å². The van der Waals surface area contributed by atoms with Gasteiger partial charge in [0.25, 0.3) is 0 Å². The predicted molar refractivity (Wildman–Crippen MR) is 93.0 cm³/mol. The Morgan fingerprint density at radius 3 is 2.72 bits per heavy atom. The minimum Gasteiger partial charge on any atom is -0.358 e. The molecule has 128 valence electrons. The van der Waals surface area contributed by atoms with Gasteiger partial charge in [-0.3, -0.25) is 14.1 Å². The van der Waals surface area contributed by atoms with Gasteiger partial charge in [-0.25, -0.2) is 4.79 Å². The molecule has 1 amide bonds. The van der Waals surface area contributed by atoms with Crippen LogP contribution in [0.5, 0.6) is 0 Å². The highest BCUT2D eigenvalue weighted by atomic mass is 16.2. The van der Waals surface area contributed by atoms with Gasteiger partial charge in [-0.05, 0) is 29.7 Å². The molecule has 25 heavy (non-hydrogen) atoms. The Kier molecular flexibility index (Phi) is 3.85. The predicted octanol–water partition coefficient (Wildman–Crippen LogP) is 0.626. The van der Waals surface area contributed by atoms with Gasteiger partial charge in [-0.15, -0.1) is 5.10 Å². The minimum atomic E-state index is -0.323. The Hall–Kier alpha value is -2.93. The highest BCUT2D eigenvalue weighted by Crippen LogP contribution is 2.23. The average molecular weight is 337 g/mol. The first-order chi connectivity index (χ1) is 12.2. The van der Waals surface area contributed by atoms with E-state index in [1.165, 1.54) is 20.2 Å². The summed E-state index contributed by atoms with van der Waals surface area (Å²) in [6.45, 7) is 0.876. The van der Waals surface area contributed by atoms with Crippen LogP contribution in [0.25, 0.3) is 5.65 Å². The Morgan fingerprint density at radius 1 is 1.20 bits per heavy atom. The van der Waals surface area contributed by atoms with Crippen LogP contribution in [0, 0.1) is 0 Å². The fourth-order valence-corrected chi connectivity index (χ4v) is 3.38. The Labute approximate surface area is 144 Å². The molecule has 1 aromatic carbocycles. The monoisotopic (exact) mass is 337 g/mol. The standard InChI is InChI=1S/C18H19N5O2/c1-19-17(24)15-10-13-6-2-3-7-14(13)11-21(15)12-23-18(25)22-9-5-4-8-16(22)20-23/h2-9,15H,10-12H2,1H3,(H,19,24). The molecule has 1 N–H and O–H groups in total. The lowest BCUT2D eigenvalue weighted by Crippen LogP contribution is -2.50. The maximum atomic E-state index is 12.5. The van der Waals surface area contributed by atoms with E-state index >= 15 is 0 Å². The van der Waals surface area contributed by atoms with Gasteiger partial charge < -0.3 is 5.32 Å². The first-order valence-electron chi connectivity index (χ1n) is 8.24. The molecule has 3 aromatic rings. The molecule has 3 heterocycles. The smallest absolute Gasteiger partial charge is 0.351 e. The lowest BCUT2D eigenvalue weighted by Gasteiger charge is -2.35. The van der Waals surface area contributed by atoms with Crippen molar-refractivity contribution in [1.82, 2.24) is 24.4 Å². The van der Waals surface area contributed by atoms with E-state index in [1.54, 1.807) is 25.4 Å². The number of amides is 1. The molecule has 0 saturated heterocycles. The highest BCUT2D eigenvalue weighted by Gasteiger charge is 2.31. The molecule has 0 radical (unpaired) electrons. The first kappa shape index (κ1) is 15.6. The van der Waals surface area contributed by atoms with Gasteiger partial charge in [0, 0.05) is 19.8 Å². The molecule has 7 nitrogen and oxygen atoms in total. The largest absolute Gasteiger partial charge is 0.358 e. The van der Waals surface area contributed by atoms with E-state index in [1.807, 2.05) is 23.1 Å². The van der Waals surface area contributed by atoms with E-state index < -0.39 is 0 Å². The fourth-order valence-electron chi connectivity index (χ4n) is 3.38. The number of nitrogens with zero attached hydrogens (tertiary/aromatic N) is 4. The van der Waals surface area contributed by atoms with Crippen molar-refractivity contribution in [2.75, 3.05) is 7.05 Å². The van der Waals surface area contributed by atoms with Gasteiger partial charge in [-0.2, -0.15) is 4.68 Å². The molecule has 1 aliphatic heterocycles. The first-order valence-corrected chi connectivity index (χ1v) is 8.24. The number of benzene rings is 1. The molecular weight excluding hydrogens is 318 g/mol. The molecule has 0 fully saturated rings. The summed E-state index contributed by atoms with van der Waals surface area (Å²) in [4.78, 5) is 26.9. The molecule has 4 rings (SSSR count). The third kappa shape index (κ3) is 2.72. The Balaban J connectivity index is 1.70. The second kappa shape index (κ2) is 6.18. The van der Waals surface area contributed by atoms with Crippen molar-refractivity contribution in [3.8, 4) is 0 Å². The molecule has 0 bridgehead atoms. The van der Waals surface area contributed by atoms with E-state index in [0.717, 1.165) is 0 Å². The van der Waals surface area contributed by atoms with Gasteiger partial charge in [0.2, 0.25) is 5.91 Å². The third-order valence-electron chi connectivity index (χ3n) is 4.70. The Bertz CT molecular complexity index is 990. The van der Waals surface area contributed by atoms with Crippen molar-refractivity contribution in [1.29, 1.82) is 0 Å². The van der Waals surface area contributed by atoms with E-state index in [-0.39, 0.29) is 24.3 Å². The van der Waals surface area contributed by atoms with Crippen LogP contribution in [0.15, 0.2) is 53.5 Å². The number of carbonyl (C=O) groups excluding carboxylic acids is 1. The lowest BCUT2D eigenvalue weighted by molar-refractivity contribution is -0.127. The summed E-state index contributed by atoms with van der Waals surface area (Å²) in [5.41, 5.74) is 2.75. The van der Waals surface area contributed by atoms with Crippen molar-refractivity contribution < 1.29 is 4.79 Å². The maximum Gasteiger partial charge on any atom is 0.351 e. The van der Waals surface area contributed by atoms with Gasteiger partial charge in [0.05, 0.1) is 12.7 Å². The Morgan fingerprint density at radius 2 is 1.96 bits per heavy atom. The SMILES string of the molecule is CNC(=O)C1Cc2ccccc2CN1Cn1nc2ccccn2c1=O. The summed E-state index contributed by atoms with van der Waals surface area (Å²) in [6, 6.07) is 13.2. The number of hydrogen-bond donors (Lipinski definition) is 1. The zero-order chi connectivity index (χ0) is 17.4. The van der Waals surface area contributed by atoms with Crippen molar-refractivity contribution in [3.63, 3.8) is 0 Å². The second-order valence-corrected chi connectivity index (χ2v) is 6.20. The second-order valence-electron chi connectivity index (χ2n) is 6.20. The van der Waals surface area contributed by atoms with Gasteiger partial charge in [0.1, 0.15) is 0 Å². The van der Waals surface area contributed by atoms with E-state index in [0.29, 0.717) is 18.6 Å². The van der Waals surface area contributed by atoms with Crippen LogP contribution >= 0.6 is 0 Å². The van der Waals surface area contributed by atoms with Crippen LogP contribution < -0.4 is 11.0 Å². The number of aromatic nitrogens is 3. The molecule has 1 atom stereocenters. The van der Waals surface area contributed by atoms with Crippen molar-refractivity contribution in [3.05, 3.63) is 70.3 Å². The summed E-state index contributed by atoms with van der Waals surface area (Å²) in [5, 5.41) is 7.10. The van der Waals surface area contributed by atoms with Crippen LogP contribution in [-0.4, -0.2) is 38.1 Å². The highest BCUT2D eigenvalue weighted by molar-refractivity contribution is 5.82. The zero-order valence-electron chi connectivity index (χ0n) is 13.9. The van der Waals surface area contributed by atoms with Crippen LogP contribution in [0.2, 0.25) is 0 Å². The molecule has 0 spiro atoms. The summed E-state index contributed by atoms with van der Waals surface area (Å²) in [5.74, 6) is -0.0497. The summed E-state index contributed by atoms with van der Waals surface area (Å²) < 4.78 is 2.92. The summed E-state index contributed by atoms with van der Waals surface area (Å²) in [6.07, 6.45) is 2.32. The number of rotatable bonds is 3. The molecule has 0 aliphatic carbocycles. The quantitative estimate of drug-likeness (QED) is 0.761. The van der Waals surface area contributed by atoms with Crippen LogP contribution in [0.4, 0.5) is 0 Å². The van der Waals surface area contributed by atoms with Gasteiger partial charge in [0.15, 0.2) is 5.65 Å². The lowest BCUT2D eigenvalue weighted by atomic mass is 9.94.